The van der Waals surface area contributed by atoms with Crippen LogP contribution in [0.4, 0.5) is 4.39 Å². The number of amides is 1. The van der Waals surface area contributed by atoms with Crippen molar-refractivity contribution in [3.05, 3.63) is 35.6 Å². The number of hydrogen-bond donors (Lipinski definition) is 2. The zero-order chi connectivity index (χ0) is 13.5. The molecule has 2 rings (SSSR count). The zero-order valence-electron chi connectivity index (χ0n) is 11.1. The van der Waals surface area contributed by atoms with Crippen molar-refractivity contribution in [2.24, 2.45) is 5.92 Å². The molecule has 0 bridgehead atoms. The summed E-state index contributed by atoms with van der Waals surface area (Å²) in [6.45, 7) is 2.52. The summed E-state index contributed by atoms with van der Waals surface area (Å²) in [4.78, 5) is 11.8. The van der Waals surface area contributed by atoms with Crippen LogP contribution in [0.1, 0.15) is 24.8 Å². The number of nitrogens with one attached hydrogen (secondary N) is 2. The summed E-state index contributed by atoms with van der Waals surface area (Å²) in [5.74, 6) is 0.382. The van der Waals surface area contributed by atoms with Crippen LogP contribution in [0, 0.1) is 11.7 Å². The summed E-state index contributed by atoms with van der Waals surface area (Å²) < 4.78 is 13.4. The molecule has 3 nitrogen and oxygen atoms in total. The Hall–Kier alpha value is -1.42. The molecular formula is C15H21FN2O. The van der Waals surface area contributed by atoms with E-state index in [0.717, 1.165) is 25.9 Å². The molecule has 1 aliphatic rings. The fourth-order valence-corrected chi connectivity index (χ4v) is 2.46. The molecule has 0 aromatic heterocycles. The molecule has 1 fully saturated rings. The van der Waals surface area contributed by atoms with Gasteiger partial charge in [0.2, 0.25) is 5.91 Å². The molecule has 19 heavy (non-hydrogen) atoms. The maximum absolute atomic E-state index is 13.4. The third-order valence-corrected chi connectivity index (χ3v) is 3.61. The first kappa shape index (κ1) is 14.0. The maximum atomic E-state index is 13.4. The van der Waals surface area contributed by atoms with Crippen LogP contribution in [-0.2, 0) is 11.2 Å². The fraction of sp³-hybridized carbons (Fsp3) is 0.533. The van der Waals surface area contributed by atoms with Crippen LogP contribution in [-0.4, -0.2) is 25.5 Å². The van der Waals surface area contributed by atoms with Crippen LogP contribution in [0.15, 0.2) is 24.3 Å². The quantitative estimate of drug-likeness (QED) is 0.852. The molecule has 2 N–H and O–H groups in total. The van der Waals surface area contributed by atoms with Crippen molar-refractivity contribution in [2.75, 3.05) is 19.6 Å². The van der Waals surface area contributed by atoms with Crippen LogP contribution >= 0.6 is 0 Å². The molecule has 0 aliphatic carbocycles. The summed E-state index contributed by atoms with van der Waals surface area (Å²) in [7, 11) is 0. The maximum Gasteiger partial charge on any atom is 0.220 e. The second-order valence-corrected chi connectivity index (χ2v) is 5.09. The Morgan fingerprint density at radius 1 is 1.32 bits per heavy atom. The standard InChI is InChI=1S/C15H21FN2O/c16-14-4-2-1-3-13(14)7-10-18-15(19)11-12-5-8-17-9-6-12/h1-4,12,17H,5-11H2,(H,18,19). The minimum atomic E-state index is -0.199. The number of carbonyl (C=O) groups is 1. The highest BCUT2D eigenvalue weighted by Crippen LogP contribution is 2.15. The van der Waals surface area contributed by atoms with Crippen molar-refractivity contribution in [1.29, 1.82) is 0 Å². The molecule has 0 spiro atoms. The highest BCUT2D eigenvalue weighted by atomic mass is 19.1. The second kappa shape index (κ2) is 7.24. The van der Waals surface area contributed by atoms with Gasteiger partial charge >= 0.3 is 0 Å². The van der Waals surface area contributed by atoms with Crippen molar-refractivity contribution < 1.29 is 9.18 Å². The average Bonchev–Trinajstić information content (AvgIpc) is 2.42. The summed E-state index contributed by atoms with van der Waals surface area (Å²) in [6, 6.07) is 6.70. The molecule has 0 atom stereocenters. The average molecular weight is 264 g/mol. The molecule has 4 heteroatoms. The van der Waals surface area contributed by atoms with Gasteiger partial charge in [-0.15, -0.1) is 0 Å². The topological polar surface area (TPSA) is 41.1 Å². The van der Waals surface area contributed by atoms with E-state index < -0.39 is 0 Å². The lowest BCUT2D eigenvalue weighted by Crippen LogP contribution is -2.33. The summed E-state index contributed by atoms with van der Waals surface area (Å²) in [6.07, 6.45) is 3.28. The molecule has 1 heterocycles. The Bertz CT molecular complexity index is 416. The lowest BCUT2D eigenvalue weighted by atomic mass is 9.94. The number of halogens is 1. The van der Waals surface area contributed by atoms with Crippen molar-refractivity contribution >= 4 is 5.91 Å². The fourth-order valence-electron chi connectivity index (χ4n) is 2.46. The van der Waals surface area contributed by atoms with E-state index in [1.54, 1.807) is 12.1 Å². The molecule has 0 radical (unpaired) electrons. The summed E-state index contributed by atoms with van der Waals surface area (Å²) in [5.41, 5.74) is 0.657. The van der Waals surface area contributed by atoms with Gasteiger partial charge in [0.1, 0.15) is 5.82 Å². The number of rotatable bonds is 5. The Morgan fingerprint density at radius 2 is 2.05 bits per heavy atom. The van der Waals surface area contributed by atoms with Crippen LogP contribution in [0.25, 0.3) is 0 Å². The Kier molecular flexibility index (Phi) is 5.33. The highest BCUT2D eigenvalue weighted by molar-refractivity contribution is 5.76. The monoisotopic (exact) mass is 264 g/mol. The van der Waals surface area contributed by atoms with E-state index in [2.05, 4.69) is 10.6 Å². The second-order valence-electron chi connectivity index (χ2n) is 5.09. The van der Waals surface area contributed by atoms with E-state index in [4.69, 9.17) is 0 Å². The van der Waals surface area contributed by atoms with Gasteiger partial charge in [-0.2, -0.15) is 0 Å². The smallest absolute Gasteiger partial charge is 0.220 e. The zero-order valence-corrected chi connectivity index (χ0v) is 11.1. The molecule has 1 saturated heterocycles. The first-order valence-electron chi connectivity index (χ1n) is 6.96. The van der Waals surface area contributed by atoms with E-state index in [1.165, 1.54) is 6.07 Å². The van der Waals surface area contributed by atoms with Gasteiger partial charge in [-0.1, -0.05) is 18.2 Å². The molecule has 0 saturated carbocycles. The SMILES string of the molecule is O=C(CC1CCNCC1)NCCc1ccccc1F. The molecular weight excluding hydrogens is 243 g/mol. The van der Waals surface area contributed by atoms with E-state index in [-0.39, 0.29) is 11.7 Å². The molecule has 1 aromatic rings. The van der Waals surface area contributed by atoms with E-state index in [9.17, 15) is 9.18 Å². The van der Waals surface area contributed by atoms with Gasteiger partial charge in [0.05, 0.1) is 0 Å². The molecule has 1 aliphatic heterocycles. The van der Waals surface area contributed by atoms with Gasteiger partial charge in [-0.25, -0.2) is 4.39 Å². The molecule has 104 valence electrons. The Balaban J connectivity index is 1.67. The Morgan fingerprint density at radius 3 is 2.79 bits per heavy atom. The van der Waals surface area contributed by atoms with E-state index in [1.807, 2.05) is 6.07 Å². The number of benzene rings is 1. The summed E-state index contributed by atoms with van der Waals surface area (Å²) in [5, 5.41) is 6.17. The van der Waals surface area contributed by atoms with Gasteiger partial charge in [-0.3, -0.25) is 4.79 Å². The number of carbonyl (C=O) groups excluding carboxylic acids is 1. The molecule has 0 unspecified atom stereocenters. The predicted octanol–water partition coefficient (Wildman–Crippen LogP) is 1.87. The van der Waals surface area contributed by atoms with Crippen LogP contribution in [0.2, 0.25) is 0 Å². The summed E-state index contributed by atoms with van der Waals surface area (Å²) >= 11 is 0. The van der Waals surface area contributed by atoms with Gasteiger partial charge in [0.25, 0.3) is 0 Å². The normalized spacial score (nSPS) is 16.3. The van der Waals surface area contributed by atoms with Crippen LogP contribution in [0.5, 0.6) is 0 Å². The third kappa shape index (κ3) is 4.63. The third-order valence-electron chi connectivity index (χ3n) is 3.61. The first-order chi connectivity index (χ1) is 9.25. The number of piperidine rings is 1. The largest absolute Gasteiger partial charge is 0.356 e. The van der Waals surface area contributed by atoms with E-state index in [0.29, 0.717) is 30.9 Å². The van der Waals surface area contributed by atoms with Gasteiger partial charge in [0.15, 0.2) is 0 Å². The van der Waals surface area contributed by atoms with E-state index >= 15 is 0 Å². The van der Waals surface area contributed by atoms with Crippen molar-refractivity contribution in [2.45, 2.75) is 25.7 Å². The van der Waals surface area contributed by atoms with Crippen molar-refractivity contribution in [3.63, 3.8) is 0 Å². The Labute approximate surface area is 113 Å². The highest BCUT2D eigenvalue weighted by Gasteiger charge is 2.16. The van der Waals surface area contributed by atoms with Crippen LogP contribution in [0.3, 0.4) is 0 Å². The number of hydrogen-bond acceptors (Lipinski definition) is 2. The van der Waals surface area contributed by atoms with Gasteiger partial charge < -0.3 is 10.6 Å². The minimum Gasteiger partial charge on any atom is -0.356 e. The predicted molar refractivity (Wildman–Crippen MR) is 73.3 cm³/mol. The van der Waals surface area contributed by atoms with Gasteiger partial charge in [-0.05, 0) is 49.9 Å². The van der Waals surface area contributed by atoms with Crippen molar-refractivity contribution in [3.8, 4) is 0 Å². The lowest BCUT2D eigenvalue weighted by Gasteiger charge is -2.21. The van der Waals surface area contributed by atoms with Crippen molar-refractivity contribution in [1.82, 2.24) is 10.6 Å². The molecule has 1 aromatic carbocycles. The van der Waals surface area contributed by atoms with Gasteiger partial charge in [0, 0.05) is 13.0 Å². The minimum absolute atomic E-state index is 0.0863. The lowest BCUT2D eigenvalue weighted by molar-refractivity contribution is -0.122. The van der Waals surface area contributed by atoms with Crippen LogP contribution < -0.4 is 10.6 Å². The molecule has 1 amide bonds. The first-order valence-corrected chi connectivity index (χ1v) is 6.96.